The third-order valence-corrected chi connectivity index (χ3v) is 3.51. The molecule has 5 heteroatoms. The Kier molecular flexibility index (Phi) is 2.99. The van der Waals surface area contributed by atoms with Gasteiger partial charge < -0.3 is 4.74 Å². The molecule has 4 nitrogen and oxygen atoms in total. The Labute approximate surface area is 102 Å². The average Bonchev–Trinajstić information content (AvgIpc) is 2.94. The summed E-state index contributed by atoms with van der Waals surface area (Å²) in [5.74, 6) is 0.287. The number of hydrogen-bond donors (Lipinski definition) is 0. The van der Waals surface area contributed by atoms with Crippen molar-refractivity contribution in [1.29, 1.82) is 0 Å². The summed E-state index contributed by atoms with van der Waals surface area (Å²) in [6, 6.07) is 0. The second kappa shape index (κ2) is 4.11. The van der Waals surface area contributed by atoms with Gasteiger partial charge in [-0.25, -0.2) is 4.79 Å². The number of ether oxygens (including phenoxy) is 1. The van der Waals surface area contributed by atoms with Gasteiger partial charge in [0.1, 0.15) is 0 Å². The Hall–Kier alpha value is -0.590. The van der Waals surface area contributed by atoms with Crippen molar-refractivity contribution >= 4 is 28.6 Å². The summed E-state index contributed by atoms with van der Waals surface area (Å²) in [4.78, 5) is 11.7. The van der Waals surface area contributed by atoms with Crippen molar-refractivity contribution < 1.29 is 9.53 Å². The van der Waals surface area contributed by atoms with Crippen molar-refractivity contribution in [3.8, 4) is 0 Å². The fourth-order valence-corrected chi connectivity index (χ4v) is 2.68. The molecule has 15 heavy (non-hydrogen) atoms. The van der Waals surface area contributed by atoms with Gasteiger partial charge in [-0.1, -0.05) is 0 Å². The summed E-state index contributed by atoms with van der Waals surface area (Å²) < 4.78 is 7.59. The lowest BCUT2D eigenvalue weighted by Gasteiger charge is -2.01. The van der Waals surface area contributed by atoms with Crippen molar-refractivity contribution in [2.45, 2.75) is 25.7 Å². The molecule has 0 radical (unpaired) electrons. The lowest BCUT2D eigenvalue weighted by Crippen LogP contribution is -2.11. The van der Waals surface area contributed by atoms with Crippen molar-refractivity contribution in [3.05, 3.63) is 15.0 Å². The molecule has 0 N–H and O–H groups in total. The Bertz CT molecular complexity index is 396. The highest BCUT2D eigenvalue weighted by Gasteiger charge is 2.32. The highest BCUT2D eigenvalue weighted by Crippen LogP contribution is 2.41. The predicted molar refractivity (Wildman–Crippen MR) is 63.9 cm³/mol. The molecule has 1 fully saturated rings. The van der Waals surface area contributed by atoms with E-state index in [1.54, 1.807) is 11.7 Å². The number of carbonyl (C=O) groups is 1. The molecule has 0 unspecified atom stereocenters. The van der Waals surface area contributed by atoms with Crippen LogP contribution in [-0.2, 0) is 11.8 Å². The van der Waals surface area contributed by atoms with Crippen LogP contribution in [0.25, 0.3) is 0 Å². The zero-order chi connectivity index (χ0) is 11.0. The Morgan fingerprint density at radius 1 is 1.67 bits per heavy atom. The van der Waals surface area contributed by atoms with E-state index in [2.05, 4.69) is 27.7 Å². The van der Waals surface area contributed by atoms with E-state index in [4.69, 9.17) is 4.74 Å². The van der Waals surface area contributed by atoms with Crippen LogP contribution >= 0.6 is 22.6 Å². The van der Waals surface area contributed by atoms with Gasteiger partial charge in [0.2, 0.25) is 0 Å². The maximum atomic E-state index is 11.7. The predicted octanol–water partition coefficient (Wildman–Crippen LogP) is 2.08. The standard InChI is InChI=1S/C10H13IN2O2/c1-3-15-10(14)9-7(11)8(6-4-5-6)12-13(9)2/h6H,3-5H2,1-2H3. The second-order valence-electron chi connectivity index (χ2n) is 3.67. The van der Waals surface area contributed by atoms with E-state index < -0.39 is 0 Å². The topological polar surface area (TPSA) is 44.1 Å². The summed E-state index contributed by atoms with van der Waals surface area (Å²) in [6.07, 6.45) is 2.38. The van der Waals surface area contributed by atoms with E-state index in [0.29, 0.717) is 18.2 Å². The number of halogens is 1. The number of carbonyl (C=O) groups excluding carboxylic acids is 1. The molecule has 0 atom stereocenters. The van der Waals surface area contributed by atoms with Crippen molar-refractivity contribution in [1.82, 2.24) is 9.78 Å². The first-order valence-corrected chi connectivity index (χ1v) is 6.12. The number of rotatable bonds is 3. The van der Waals surface area contributed by atoms with Gasteiger partial charge in [-0.05, 0) is 42.4 Å². The van der Waals surface area contributed by atoms with Gasteiger partial charge in [0, 0.05) is 13.0 Å². The van der Waals surface area contributed by atoms with Crippen LogP contribution in [0.5, 0.6) is 0 Å². The smallest absolute Gasteiger partial charge is 0.357 e. The fraction of sp³-hybridized carbons (Fsp3) is 0.600. The van der Waals surface area contributed by atoms with E-state index >= 15 is 0 Å². The molecule has 0 saturated heterocycles. The SMILES string of the molecule is CCOC(=O)c1c(I)c(C2CC2)nn1C. The van der Waals surface area contributed by atoms with Crippen LogP contribution in [0.4, 0.5) is 0 Å². The molecular formula is C10H13IN2O2. The number of hydrogen-bond acceptors (Lipinski definition) is 3. The zero-order valence-corrected chi connectivity index (χ0v) is 10.9. The van der Waals surface area contributed by atoms with Crippen molar-refractivity contribution in [2.75, 3.05) is 6.61 Å². The zero-order valence-electron chi connectivity index (χ0n) is 8.79. The fourth-order valence-electron chi connectivity index (χ4n) is 1.56. The van der Waals surface area contributed by atoms with Gasteiger partial charge in [0.05, 0.1) is 15.9 Å². The molecule has 1 heterocycles. The number of aromatic nitrogens is 2. The quantitative estimate of drug-likeness (QED) is 0.633. The Morgan fingerprint density at radius 2 is 2.33 bits per heavy atom. The molecule has 0 aliphatic heterocycles. The molecule has 0 amide bonds. The first-order chi connectivity index (χ1) is 7.15. The molecule has 1 aliphatic carbocycles. The number of aryl methyl sites for hydroxylation is 1. The highest BCUT2D eigenvalue weighted by molar-refractivity contribution is 14.1. The van der Waals surface area contributed by atoms with Crippen molar-refractivity contribution in [3.63, 3.8) is 0 Å². The third kappa shape index (κ3) is 2.02. The minimum atomic E-state index is -0.274. The van der Waals surface area contributed by atoms with Gasteiger partial charge in [-0.2, -0.15) is 5.10 Å². The second-order valence-corrected chi connectivity index (χ2v) is 4.74. The average molecular weight is 320 g/mol. The summed E-state index contributed by atoms with van der Waals surface area (Å²) >= 11 is 2.19. The molecule has 1 aromatic heterocycles. The van der Waals surface area contributed by atoms with Gasteiger partial charge >= 0.3 is 5.97 Å². The lowest BCUT2D eigenvalue weighted by molar-refractivity contribution is 0.0512. The molecule has 0 spiro atoms. The molecule has 1 aromatic rings. The molecule has 2 rings (SSSR count). The molecule has 1 aliphatic rings. The van der Waals surface area contributed by atoms with Gasteiger partial charge in [-0.15, -0.1) is 0 Å². The van der Waals surface area contributed by atoms with E-state index in [9.17, 15) is 4.79 Å². The maximum Gasteiger partial charge on any atom is 0.357 e. The third-order valence-electron chi connectivity index (χ3n) is 2.45. The van der Waals surface area contributed by atoms with E-state index in [0.717, 1.165) is 9.26 Å². The maximum absolute atomic E-state index is 11.7. The molecular weight excluding hydrogens is 307 g/mol. The Balaban J connectivity index is 2.33. The first kappa shape index (κ1) is 10.9. The molecule has 82 valence electrons. The normalized spacial score (nSPS) is 15.4. The highest BCUT2D eigenvalue weighted by atomic mass is 127. The van der Waals surface area contributed by atoms with Crippen LogP contribution in [0.2, 0.25) is 0 Å². The van der Waals surface area contributed by atoms with E-state index in [-0.39, 0.29) is 5.97 Å². The van der Waals surface area contributed by atoms with E-state index in [1.165, 1.54) is 12.8 Å². The van der Waals surface area contributed by atoms with Crippen LogP contribution in [0.3, 0.4) is 0 Å². The van der Waals surface area contributed by atoms with Gasteiger partial charge in [0.15, 0.2) is 5.69 Å². The number of esters is 1. The monoisotopic (exact) mass is 320 g/mol. The van der Waals surface area contributed by atoms with Crippen LogP contribution in [-0.4, -0.2) is 22.4 Å². The lowest BCUT2D eigenvalue weighted by atomic mass is 10.3. The van der Waals surface area contributed by atoms with Crippen LogP contribution < -0.4 is 0 Å². The van der Waals surface area contributed by atoms with Gasteiger partial charge in [-0.3, -0.25) is 4.68 Å². The summed E-state index contributed by atoms with van der Waals surface area (Å²) in [7, 11) is 1.79. The van der Waals surface area contributed by atoms with E-state index in [1.807, 2.05) is 6.92 Å². The summed E-state index contributed by atoms with van der Waals surface area (Å²) in [6.45, 7) is 2.21. The minimum Gasteiger partial charge on any atom is -0.461 e. The molecule has 0 bridgehead atoms. The molecule has 0 aromatic carbocycles. The summed E-state index contributed by atoms with van der Waals surface area (Å²) in [5, 5.41) is 4.38. The Morgan fingerprint density at radius 3 is 2.87 bits per heavy atom. The van der Waals surface area contributed by atoms with Crippen LogP contribution in [0.1, 0.15) is 41.9 Å². The van der Waals surface area contributed by atoms with Crippen LogP contribution in [0.15, 0.2) is 0 Å². The van der Waals surface area contributed by atoms with Gasteiger partial charge in [0.25, 0.3) is 0 Å². The van der Waals surface area contributed by atoms with Crippen LogP contribution in [0, 0.1) is 3.57 Å². The largest absolute Gasteiger partial charge is 0.461 e. The minimum absolute atomic E-state index is 0.274. The summed E-state index contributed by atoms with van der Waals surface area (Å²) in [5.41, 5.74) is 1.64. The first-order valence-electron chi connectivity index (χ1n) is 5.04. The van der Waals surface area contributed by atoms with Crippen molar-refractivity contribution in [2.24, 2.45) is 7.05 Å². The number of nitrogens with zero attached hydrogens (tertiary/aromatic N) is 2. The molecule has 1 saturated carbocycles.